The van der Waals surface area contributed by atoms with Gasteiger partial charge in [-0.3, -0.25) is 4.98 Å². The molecule has 1 aliphatic rings. The largest absolute Gasteiger partial charge is 0.352 e. The molecule has 0 spiro atoms. The lowest BCUT2D eigenvalue weighted by molar-refractivity contribution is 0.309. The molecular formula is C22H24N4S. The van der Waals surface area contributed by atoms with E-state index in [-0.39, 0.29) is 12.1 Å². The number of benzene rings is 1. The van der Waals surface area contributed by atoms with Gasteiger partial charge in [-0.05, 0) is 67.5 Å². The topological polar surface area (TPSA) is 33.1 Å². The van der Waals surface area contributed by atoms with Crippen molar-refractivity contribution in [3.63, 3.8) is 0 Å². The van der Waals surface area contributed by atoms with E-state index in [0.29, 0.717) is 0 Å². The number of hydrogen-bond acceptors (Lipinski definition) is 2. The number of thiocarbonyl (C=S) groups is 1. The average molecular weight is 377 g/mol. The molecule has 0 bridgehead atoms. The first-order chi connectivity index (χ1) is 13.2. The summed E-state index contributed by atoms with van der Waals surface area (Å²) in [5.74, 6) is 0. The van der Waals surface area contributed by atoms with Crippen LogP contribution in [0.5, 0.6) is 0 Å². The molecule has 4 rings (SSSR count). The molecule has 2 aromatic heterocycles. The lowest BCUT2D eigenvalue weighted by Gasteiger charge is -2.28. The van der Waals surface area contributed by atoms with E-state index in [2.05, 4.69) is 82.3 Å². The summed E-state index contributed by atoms with van der Waals surface area (Å²) in [7, 11) is 0. The first kappa shape index (κ1) is 17.7. The first-order valence-corrected chi connectivity index (χ1v) is 9.82. The van der Waals surface area contributed by atoms with Crippen molar-refractivity contribution < 1.29 is 0 Å². The fraction of sp³-hybridized carbons (Fsp3) is 0.273. The minimum Gasteiger partial charge on any atom is -0.352 e. The van der Waals surface area contributed by atoms with Crippen LogP contribution in [0, 0.1) is 6.92 Å². The van der Waals surface area contributed by atoms with Gasteiger partial charge in [0.05, 0.1) is 17.8 Å². The van der Waals surface area contributed by atoms with Crippen molar-refractivity contribution in [3.8, 4) is 5.69 Å². The maximum atomic E-state index is 5.69. The van der Waals surface area contributed by atoms with Gasteiger partial charge in [0.25, 0.3) is 0 Å². The van der Waals surface area contributed by atoms with Crippen molar-refractivity contribution in [2.75, 3.05) is 6.54 Å². The molecule has 5 heteroatoms. The second-order valence-corrected chi connectivity index (χ2v) is 7.35. The van der Waals surface area contributed by atoms with Crippen LogP contribution in [0.15, 0.2) is 67.0 Å². The quantitative estimate of drug-likeness (QED) is 0.662. The van der Waals surface area contributed by atoms with Gasteiger partial charge in [-0.2, -0.15) is 0 Å². The predicted octanol–water partition coefficient (Wildman–Crippen LogP) is 4.56. The van der Waals surface area contributed by atoms with Gasteiger partial charge in [0.15, 0.2) is 5.11 Å². The van der Waals surface area contributed by atoms with E-state index in [9.17, 15) is 0 Å². The number of aryl methyl sites for hydroxylation is 1. The summed E-state index contributed by atoms with van der Waals surface area (Å²) >= 11 is 5.69. The standard InChI is InChI=1S/C22H24N4S/c1-3-13-26-21(20(24-22(26)27)18-10-4-5-12-23-18)19-11-7-14-25(19)17-9-6-8-16(2)15-17/h4-12,14-15,20-21H,3,13H2,1-2H3,(H,24,27). The Kier molecular flexibility index (Phi) is 4.94. The highest BCUT2D eigenvalue weighted by atomic mass is 32.1. The van der Waals surface area contributed by atoms with Gasteiger partial charge in [0.2, 0.25) is 0 Å². The van der Waals surface area contributed by atoms with Crippen LogP contribution < -0.4 is 5.32 Å². The summed E-state index contributed by atoms with van der Waals surface area (Å²) in [6.07, 6.45) is 5.02. The maximum absolute atomic E-state index is 5.69. The van der Waals surface area contributed by atoms with Crippen LogP contribution >= 0.6 is 12.2 Å². The first-order valence-electron chi connectivity index (χ1n) is 9.41. The minimum absolute atomic E-state index is 0.0312. The van der Waals surface area contributed by atoms with E-state index < -0.39 is 0 Å². The van der Waals surface area contributed by atoms with Gasteiger partial charge in [-0.15, -0.1) is 0 Å². The van der Waals surface area contributed by atoms with Crippen LogP contribution in [0.1, 0.15) is 42.4 Å². The fourth-order valence-electron chi connectivity index (χ4n) is 3.86. The third-order valence-corrected chi connectivity index (χ3v) is 5.38. The highest BCUT2D eigenvalue weighted by Crippen LogP contribution is 2.39. The van der Waals surface area contributed by atoms with E-state index >= 15 is 0 Å². The Balaban J connectivity index is 1.81. The van der Waals surface area contributed by atoms with Crippen molar-refractivity contribution in [2.24, 2.45) is 0 Å². The number of rotatable bonds is 5. The summed E-state index contributed by atoms with van der Waals surface area (Å²) < 4.78 is 2.27. The summed E-state index contributed by atoms with van der Waals surface area (Å²) in [6, 6.07) is 19.1. The molecule has 138 valence electrons. The van der Waals surface area contributed by atoms with E-state index in [1.807, 2.05) is 18.3 Å². The van der Waals surface area contributed by atoms with Gasteiger partial charge < -0.3 is 14.8 Å². The average Bonchev–Trinajstić information content (AvgIpc) is 3.28. The van der Waals surface area contributed by atoms with Crippen LogP contribution in [-0.2, 0) is 0 Å². The lowest BCUT2D eigenvalue weighted by Crippen LogP contribution is -2.31. The molecule has 1 fully saturated rings. The van der Waals surface area contributed by atoms with Crippen molar-refractivity contribution in [1.82, 2.24) is 19.8 Å². The summed E-state index contributed by atoms with van der Waals surface area (Å²) in [5.41, 5.74) is 4.65. The number of nitrogens with one attached hydrogen (secondary N) is 1. The fourth-order valence-corrected chi connectivity index (χ4v) is 4.19. The number of hydrogen-bond donors (Lipinski definition) is 1. The Morgan fingerprint density at radius 3 is 2.74 bits per heavy atom. The third-order valence-electron chi connectivity index (χ3n) is 5.03. The number of pyridine rings is 1. The molecule has 3 aromatic rings. The second kappa shape index (κ2) is 7.53. The SMILES string of the molecule is CCCN1C(=S)NC(c2ccccn2)C1c1cccn1-c1cccc(C)c1. The van der Waals surface area contributed by atoms with Crippen molar-refractivity contribution in [2.45, 2.75) is 32.4 Å². The zero-order chi connectivity index (χ0) is 18.8. The van der Waals surface area contributed by atoms with Crippen molar-refractivity contribution in [3.05, 3.63) is 83.9 Å². The van der Waals surface area contributed by atoms with Gasteiger partial charge in [-0.1, -0.05) is 25.1 Å². The second-order valence-electron chi connectivity index (χ2n) is 6.96. The van der Waals surface area contributed by atoms with Crippen LogP contribution in [0.2, 0.25) is 0 Å². The van der Waals surface area contributed by atoms with Crippen molar-refractivity contribution in [1.29, 1.82) is 0 Å². The molecule has 2 atom stereocenters. The molecule has 1 saturated heterocycles. The Labute approximate surface area is 165 Å². The molecule has 3 heterocycles. The highest BCUT2D eigenvalue weighted by Gasteiger charge is 2.40. The molecule has 0 saturated carbocycles. The monoisotopic (exact) mass is 376 g/mol. The smallest absolute Gasteiger partial charge is 0.170 e. The molecule has 2 unspecified atom stereocenters. The summed E-state index contributed by atoms with van der Waals surface area (Å²) in [4.78, 5) is 6.91. The molecule has 1 N–H and O–H groups in total. The molecular weight excluding hydrogens is 352 g/mol. The summed E-state index contributed by atoms with van der Waals surface area (Å²) in [6.45, 7) is 5.23. The van der Waals surface area contributed by atoms with E-state index in [0.717, 1.165) is 23.8 Å². The Morgan fingerprint density at radius 1 is 1.11 bits per heavy atom. The van der Waals surface area contributed by atoms with E-state index in [1.165, 1.54) is 16.9 Å². The van der Waals surface area contributed by atoms with Crippen LogP contribution in [0.3, 0.4) is 0 Å². The molecule has 0 amide bonds. The molecule has 0 aliphatic carbocycles. The van der Waals surface area contributed by atoms with Crippen LogP contribution in [0.4, 0.5) is 0 Å². The molecule has 1 aliphatic heterocycles. The molecule has 0 radical (unpaired) electrons. The lowest BCUT2D eigenvalue weighted by atomic mass is 10.0. The van der Waals surface area contributed by atoms with Gasteiger partial charge in [-0.25, -0.2) is 0 Å². The Hall–Kier alpha value is -2.66. The highest BCUT2D eigenvalue weighted by molar-refractivity contribution is 7.80. The Morgan fingerprint density at radius 2 is 2.00 bits per heavy atom. The number of aromatic nitrogens is 2. The zero-order valence-electron chi connectivity index (χ0n) is 15.7. The van der Waals surface area contributed by atoms with Gasteiger partial charge >= 0.3 is 0 Å². The van der Waals surface area contributed by atoms with E-state index in [1.54, 1.807) is 0 Å². The Bertz CT molecular complexity index is 934. The summed E-state index contributed by atoms with van der Waals surface area (Å²) in [5, 5.41) is 4.32. The third kappa shape index (κ3) is 3.35. The minimum atomic E-state index is 0.0312. The zero-order valence-corrected chi connectivity index (χ0v) is 16.5. The maximum Gasteiger partial charge on any atom is 0.170 e. The predicted molar refractivity (Wildman–Crippen MR) is 113 cm³/mol. The molecule has 1 aromatic carbocycles. The molecule has 4 nitrogen and oxygen atoms in total. The van der Waals surface area contributed by atoms with Gasteiger partial charge in [0.1, 0.15) is 0 Å². The van der Waals surface area contributed by atoms with E-state index in [4.69, 9.17) is 12.2 Å². The van der Waals surface area contributed by atoms with Gasteiger partial charge in [0, 0.05) is 30.3 Å². The number of nitrogens with zero attached hydrogens (tertiary/aromatic N) is 3. The van der Waals surface area contributed by atoms with Crippen LogP contribution in [-0.4, -0.2) is 26.1 Å². The molecule has 27 heavy (non-hydrogen) atoms. The van der Waals surface area contributed by atoms with Crippen LogP contribution in [0.25, 0.3) is 5.69 Å². The normalized spacial score (nSPS) is 19.3. The van der Waals surface area contributed by atoms with Crippen molar-refractivity contribution >= 4 is 17.3 Å².